The second kappa shape index (κ2) is 15.7. The molecule has 1 atom stereocenters. The van der Waals surface area contributed by atoms with Gasteiger partial charge in [0.2, 0.25) is 0 Å². The van der Waals surface area contributed by atoms with Gasteiger partial charge in [-0.2, -0.15) is 0 Å². The number of cyclic esters (lactones) is 1. The molecule has 0 aromatic rings. The molecular formula is C22H36O4. The molecule has 0 saturated carbocycles. The number of unbranched alkanes of at least 4 members (excludes halogenated alkanes) is 11. The average molecular weight is 365 g/mol. The lowest BCUT2D eigenvalue weighted by molar-refractivity contribution is -0.172. The van der Waals surface area contributed by atoms with Gasteiger partial charge in [0.15, 0.2) is 0 Å². The molecule has 1 rings (SSSR count). The second-order valence-corrected chi connectivity index (χ2v) is 6.99. The lowest BCUT2D eigenvalue weighted by atomic mass is 10.1. The zero-order valence-electron chi connectivity index (χ0n) is 16.4. The van der Waals surface area contributed by atoms with Crippen molar-refractivity contribution in [1.82, 2.24) is 0 Å². The molecule has 148 valence electrons. The fourth-order valence-electron chi connectivity index (χ4n) is 2.94. The van der Waals surface area contributed by atoms with Gasteiger partial charge in [0.1, 0.15) is 0 Å². The molecule has 1 aliphatic rings. The van der Waals surface area contributed by atoms with Gasteiger partial charge in [0.05, 0.1) is 0 Å². The van der Waals surface area contributed by atoms with Crippen LogP contribution in [0.15, 0.2) is 24.3 Å². The highest BCUT2D eigenvalue weighted by Gasteiger charge is 2.19. The van der Waals surface area contributed by atoms with Crippen LogP contribution in [0.1, 0.15) is 96.8 Å². The predicted octanol–water partition coefficient (Wildman–Crippen LogP) is 6.01. The van der Waals surface area contributed by atoms with Crippen molar-refractivity contribution in [3.63, 3.8) is 0 Å². The average Bonchev–Trinajstić information content (AvgIpc) is 3.03. The van der Waals surface area contributed by atoms with Crippen LogP contribution in [0.4, 0.5) is 0 Å². The van der Waals surface area contributed by atoms with E-state index >= 15 is 0 Å². The van der Waals surface area contributed by atoms with Gasteiger partial charge in [-0.3, -0.25) is 4.79 Å². The van der Waals surface area contributed by atoms with Crippen LogP contribution in [0.2, 0.25) is 0 Å². The summed E-state index contributed by atoms with van der Waals surface area (Å²) >= 11 is 0. The summed E-state index contributed by atoms with van der Waals surface area (Å²) < 4.78 is 9.78. The maximum Gasteiger partial charge on any atom is 0.334 e. The maximum absolute atomic E-state index is 11.6. The van der Waals surface area contributed by atoms with Crippen LogP contribution in [0.25, 0.3) is 0 Å². The number of carbonyl (C=O) groups is 2. The Morgan fingerprint density at radius 3 is 2.12 bits per heavy atom. The van der Waals surface area contributed by atoms with Crippen molar-refractivity contribution < 1.29 is 19.1 Å². The number of allylic oxidation sites excluding steroid dienone is 2. The van der Waals surface area contributed by atoms with E-state index < -0.39 is 12.3 Å². The summed E-state index contributed by atoms with van der Waals surface area (Å²) in [4.78, 5) is 22.4. The summed E-state index contributed by atoms with van der Waals surface area (Å²) in [6.07, 6.45) is 23.0. The number of rotatable bonds is 16. The maximum atomic E-state index is 11.6. The number of hydrogen-bond donors (Lipinski definition) is 0. The second-order valence-electron chi connectivity index (χ2n) is 6.99. The minimum absolute atomic E-state index is 0.299. The van der Waals surface area contributed by atoms with E-state index in [0.717, 1.165) is 25.7 Å². The van der Waals surface area contributed by atoms with Crippen LogP contribution >= 0.6 is 0 Å². The molecule has 0 N–H and O–H groups in total. The van der Waals surface area contributed by atoms with E-state index in [1.807, 2.05) is 0 Å². The van der Waals surface area contributed by atoms with Crippen LogP contribution in [0.5, 0.6) is 0 Å². The highest BCUT2D eigenvalue weighted by molar-refractivity contribution is 5.84. The fourth-order valence-corrected chi connectivity index (χ4v) is 2.94. The minimum Gasteiger partial charge on any atom is -0.421 e. The smallest absolute Gasteiger partial charge is 0.334 e. The van der Waals surface area contributed by atoms with Crippen molar-refractivity contribution >= 4 is 11.9 Å². The summed E-state index contributed by atoms with van der Waals surface area (Å²) in [5.74, 6) is -0.754. The summed E-state index contributed by atoms with van der Waals surface area (Å²) in [6.45, 7) is 2.26. The normalized spacial score (nSPS) is 16.3. The van der Waals surface area contributed by atoms with Crippen molar-refractivity contribution in [2.75, 3.05) is 0 Å². The number of ether oxygens (including phenoxy) is 2. The van der Waals surface area contributed by atoms with E-state index in [9.17, 15) is 9.59 Å². The highest BCUT2D eigenvalue weighted by atomic mass is 16.7. The summed E-state index contributed by atoms with van der Waals surface area (Å²) in [5.41, 5.74) is 0. The Bertz CT molecular complexity index is 439. The summed E-state index contributed by atoms with van der Waals surface area (Å²) in [5, 5.41) is 0. The first-order valence-electron chi connectivity index (χ1n) is 10.5. The largest absolute Gasteiger partial charge is 0.421 e. The summed E-state index contributed by atoms with van der Waals surface area (Å²) in [7, 11) is 0. The fraction of sp³-hybridized carbons (Fsp3) is 0.727. The van der Waals surface area contributed by atoms with Gasteiger partial charge in [0, 0.05) is 18.6 Å². The van der Waals surface area contributed by atoms with E-state index in [1.54, 1.807) is 0 Å². The number of hydrogen-bond acceptors (Lipinski definition) is 4. The predicted molar refractivity (Wildman–Crippen MR) is 105 cm³/mol. The lowest BCUT2D eigenvalue weighted by Crippen LogP contribution is -2.17. The van der Waals surface area contributed by atoms with Crippen LogP contribution in [0, 0.1) is 0 Å². The zero-order chi connectivity index (χ0) is 18.9. The molecule has 0 spiro atoms. The Balaban J connectivity index is 1.80. The highest BCUT2D eigenvalue weighted by Crippen LogP contribution is 2.12. The van der Waals surface area contributed by atoms with Crippen LogP contribution < -0.4 is 0 Å². The van der Waals surface area contributed by atoms with Crippen molar-refractivity contribution in [1.29, 1.82) is 0 Å². The first-order valence-corrected chi connectivity index (χ1v) is 10.5. The first kappa shape index (κ1) is 22.5. The first-order chi connectivity index (χ1) is 12.7. The molecule has 0 aliphatic carbocycles. The monoisotopic (exact) mass is 364 g/mol. The Morgan fingerprint density at radius 1 is 0.962 bits per heavy atom. The Kier molecular flexibility index (Phi) is 13.5. The molecule has 0 saturated heterocycles. The topological polar surface area (TPSA) is 52.6 Å². The molecule has 0 amide bonds. The van der Waals surface area contributed by atoms with Gasteiger partial charge in [-0.25, -0.2) is 4.79 Å². The molecule has 4 nitrogen and oxygen atoms in total. The van der Waals surface area contributed by atoms with Crippen LogP contribution in [-0.2, 0) is 19.1 Å². The van der Waals surface area contributed by atoms with Crippen molar-refractivity contribution in [2.45, 2.75) is 103 Å². The third kappa shape index (κ3) is 12.7. The Hall–Kier alpha value is -1.58. The van der Waals surface area contributed by atoms with Crippen LogP contribution in [-0.4, -0.2) is 18.2 Å². The summed E-state index contributed by atoms with van der Waals surface area (Å²) in [6, 6.07) is 0. The van der Waals surface area contributed by atoms with Crippen molar-refractivity contribution in [3.8, 4) is 0 Å². The van der Waals surface area contributed by atoms with E-state index in [4.69, 9.17) is 9.47 Å². The van der Waals surface area contributed by atoms with Crippen LogP contribution in [0.3, 0.4) is 0 Å². The Labute approximate surface area is 159 Å². The molecule has 0 aromatic carbocycles. The standard InChI is InChI=1S/C22H36O4/c1-2-3-4-5-6-7-8-9-10-11-12-13-14-15-16-17-20(23)25-22-19-18-21(24)26-22/h9-10,18-19,22H,2-8,11-17H2,1H3/b10-9-. The molecule has 0 bridgehead atoms. The van der Waals surface area contributed by atoms with Gasteiger partial charge in [-0.15, -0.1) is 0 Å². The minimum atomic E-state index is -0.821. The molecule has 0 radical (unpaired) electrons. The molecule has 1 aliphatic heterocycles. The molecule has 1 heterocycles. The molecule has 4 heteroatoms. The third-order valence-electron chi connectivity index (χ3n) is 4.51. The molecule has 26 heavy (non-hydrogen) atoms. The van der Waals surface area contributed by atoms with Crippen molar-refractivity contribution in [3.05, 3.63) is 24.3 Å². The van der Waals surface area contributed by atoms with Gasteiger partial charge >= 0.3 is 11.9 Å². The van der Waals surface area contributed by atoms with Gasteiger partial charge < -0.3 is 9.47 Å². The van der Waals surface area contributed by atoms with Gasteiger partial charge in [-0.1, -0.05) is 70.4 Å². The molecular weight excluding hydrogens is 328 g/mol. The van der Waals surface area contributed by atoms with E-state index in [-0.39, 0.29) is 5.97 Å². The van der Waals surface area contributed by atoms with E-state index in [2.05, 4.69) is 19.1 Å². The quantitative estimate of drug-likeness (QED) is 0.191. The molecule has 0 aromatic heterocycles. The molecule has 0 fully saturated rings. The van der Waals surface area contributed by atoms with Gasteiger partial charge in [0.25, 0.3) is 6.29 Å². The molecule has 1 unspecified atom stereocenters. The number of carbonyl (C=O) groups excluding carboxylic acids is 2. The van der Waals surface area contributed by atoms with E-state index in [1.165, 1.54) is 69.9 Å². The van der Waals surface area contributed by atoms with Crippen molar-refractivity contribution in [2.24, 2.45) is 0 Å². The van der Waals surface area contributed by atoms with E-state index in [0.29, 0.717) is 6.42 Å². The lowest BCUT2D eigenvalue weighted by Gasteiger charge is -2.09. The number of esters is 2. The van der Waals surface area contributed by atoms with Gasteiger partial charge in [-0.05, 0) is 32.1 Å². The SMILES string of the molecule is CCCCCCCC/C=C\CCCCCCCC(=O)OC1C=CC(=O)O1. The zero-order valence-corrected chi connectivity index (χ0v) is 16.4. The third-order valence-corrected chi connectivity index (χ3v) is 4.51. The Morgan fingerprint density at radius 2 is 1.54 bits per heavy atom.